The van der Waals surface area contributed by atoms with Crippen molar-refractivity contribution in [2.24, 2.45) is 0 Å². The van der Waals surface area contributed by atoms with Gasteiger partial charge in [0.05, 0.1) is 10.3 Å². The second-order valence-corrected chi connectivity index (χ2v) is 10.1. The Morgan fingerprint density at radius 1 is 0.906 bits per heavy atom. The lowest BCUT2D eigenvalue weighted by atomic mass is 9.73. The minimum absolute atomic E-state index is 0.0272. The van der Waals surface area contributed by atoms with Crippen LogP contribution >= 0.6 is 0 Å². The number of amides is 1. The normalized spacial score (nSPS) is 20.0. The summed E-state index contributed by atoms with van der Waals surface area (Å²) < 4.78 is 60.0. The predicted molar refractivity (Wildman–Crippen MR) is 114 cm³/mol. The van der Waals surface area contributed by atoms with E-state index in [2.05, 4.69) is 0 Å². The van der Waals surface area contributed by atoms with Crippen molar-refractivity contribution in [2.45, 2.75) is 29.6 Å². The van der Waals surface area contributed by atoms with Gasteiger partial charge in [-0.3, -0.25) is 4.79 Å². The fourth-order valence-electron chi connectivity index (χ4n) is 4.53. The van der Waals surface area contributed by atoms with E-state index in [9.17, 15) is 22.0 Å². The second-order valence-electron chi connectivity index (χ2n) is 8.21. The summed E-state index contributed by atoms with van der Waals surface area (Å²) in [6, 6.07) is 10.9. The monoisotopic (exact) mass is 464 g/mol. The van der Waals surface area contributed by atoms with E-state index >= 15 is 0 Å². The highest BCUT2D eigenvalue weighted by atomic mass is 32.2. The Hall–Kier alpha value is -2.36. The largest absolute Gasteiger partial charge is 0.381 e. The van der Waals surface area contributed by atoms with E-state index in [-0.39, 0.29) is 30.4 Å². The first kappa shape index (κ1) is 22.8. The molecule has 9 heteroatoms. The zero-order valence-electron chi connectivity index (χ0n) is 17.7. The summed E-state index contributed by atoms with van der Waals surface area (Å²) in [6.07, 6.45) is 1.37. The van der Waals surface area contributed by atoms with Gasteiger partial charge in [-0.15, -0.1) is 0 Å². The van der Waals surface area contributed by atoms with Crippen LogP contribution in [0.25, 0.3) is 0 Å². The van der Waals surface area contributed by atoms with E-state index in [0.29, 0.717) is 44.6 Å². The molecule has 2 heterocycles. The molecule has 2 aliphatic rings. The maximum absolute atomic E-state index is 14.0. The number of sulfonamides is 1. The van der Waals surface area contributed by atoms with E-state index in [1.54, 1.807) is 17.0 Å². The van der Waals surface area contributed by atoms with Crippen LogP contribution in [0.15, 0.2) is 53.4 Å². The molecule has 2 aromatic rings. The standard InChI is InChI=1S/C23H26F2N2O4S/c24-19-5-7-21(8-6-19)32(29,30)27-12-2-11-26(13-14-27)22(28)23(9-15-31-16-10-23)18-3-1-4-20(25)17-18/h1,3-8,17H,2,9-16H2. The van der Waals surface area contributed by atoms with Gasteiger partial charge in [0.25, 0.3) is 0 Å². The summed E-state index contributed by atoms with van der Waals surface area (Å²) in [5.41, 5.74) is -0.253. The lowest BCUT2D eigenvalue weighted by molar-refractivity contribution is -0.141. The number of carbonyl (C=O) groups excluding carboxylic acids is 1. The third kappa shape index (κ3) is 4.42. The topological polar surface area (TPSA) is 66.9 Å². The quantitative estimate of drug-likeness (QED) is 0.698. The van der Waals surface area contributed by atoms with Gasteiger partial charge in [-0.1, -0.05) is 12.1 Å². The summed E-state index contributed by atoms with van der Waals surface area (Å²) in [6.45, 7) is 1.85. The van der Waals surface area contributed by atoms with Crippen molar-refractivity contribution in [1.29, 1.82) is 0 Å². The average Bonchev–Trinajstić information content (AvgIpc) is 3.06. The van der Waals surface area contributed by atoms with Crippen LogP contribution in [-0.2, 0) is 25.0 Å². The third-order valence-electron chi connectivity index (χ3n) is 6.33. The molecule has 0 unspecified atom stereocenters. The molecule has 0 aromatic heterocycles. The van der Waals surface area contributed by atoms with Crippen molar-refractivity contribution < 1.29 is 26.7 Å². The van der Waals surface area contributed by atoms with Crippen LogP contribution < -0.4 is 0 Å². The number of ether oxygens (including phenoxy) is 1. The van der Waals surface area contributed by atoms with Crippen LogP contribution in [0, 0.1) is 11.6 Å². The smallest absolute Gasteiger partial charge is 0.243 e. The molecular weight excluding hydrogens is 438 g/mol. The number of hydrogen-bond acceptors (Lipinski definition) is 4. The first-order valence-corrected chi connectivity index (χ1v) is 12.2. The van der Waals surface area contributed by atoms with Crippen LogP contribution in [0.3, 0.4) is 0 Å². The summed E-state index contributed by atoms with van der Waals surface area (Å²) in [5, 5.41) is 0. The Kier molecular flexibility index (Phi) is 6.60. The Morgan fingerprint density at radius 2 is 1.62 bits per heavy atom. The summed E-state index contributed by atoms with van der Waals surface area (Å²) in [5.74, 6) is -1.02. The minimum Gasteiger partial charge on any atom is -0.381 e. The lowest BCUT2D eigenvalue weighted by Crippen LogP contribution is -2.51. The molecule has 1 amide bonds. The number of benzene rings is 2. The molecule has 0 radical (unpaired) electrons. The summed E-state index contributed by atoms with van der Waals surface area (Å²) >= 11 is 0. The van der Waals surface area contributed by atoms with Crippen molar-refractivity contribution in [2.75, 3.05) is 39.4 Å². The van der Waals surface area contributed by atoms with Crippen LogP contribution in [0.2, 0.25) is 0 Å². The third-order valence-corrected chi connectivity index (χ3v) is 8.24. The molecule has 0 atom stereocenters. The van der Waals surface area contributed by atoms with Crippen molar-refractivity contribution in [3.63, 3.8) is 0 Å². The Balaban J connectivity index is 1.55. The van der Waals surface area contributed by atoms with Crippen LogP contribution in [0.1, 0.15) is 24.8 Å². The van der Waals surface area contributed by atoms with Gasteiger partial charge in [0.1, 0.15) is 11.6 Å². The average molecular weight is 465 g/mol. The van der Waals surface area contributed by atoms with E-state index in [1.165, 1.54) is 28.6 Å². The number of rotatable bonds is 4. The van der Waals surface area contributed by atoms with Gasteiger partial charge in [0, 0.05) is 39.4 Å². The number of halogens is 2. The van der Waals surface area contributed by atoms with Gasteiger partial charge in [-0.05, 0) is 61.2 Å². The SMILES string of the molecule is O=C(N1CCCN(S(=O)(=O)c2ccc(F)cc2)CC1)C1(c2cccc(F)c2)CCOCC1. The number of nitrogens with zero attached hydrogens (tertiary/aromatic N) is 2. The zero-order valence-corrected chi connectivity index (χ0v) is 18.5. The van der Waals surface area contributed by atoms with E-state index in [0.717, 1.165) is 12.1 Å². The highest BCUT2D eigenvalue weighted by Gasteiger charge is 2.44. The highest BCUT2D eigenvalue weighted by molar-refractivity contribution is 7.89. The molecule has 172 valence electrons. The Morgan fingerprint density at radius 3 is 2.31 bits per heavy atom. The molecule has 0 saturated carbocycles. The van der Waals surface area contributed by atoms with Crippen molar-refractivity contribution >= 4 is 15.9 Å². The van der Waals surface area contributed by atoms with Gasteiger partial charge in [0.2, 0.25) is 15.9 Å². The molecule has 6 nitrogen and oxygen atoms in total. The van der Waals surface area contributed by atoms with Gasteiger partial charge < -0.3 is 9.64 Å². The molecule has 0 aliphatic carbocycles. The molecule has 2 aliphatic heterocycles. The molecular formula is C23H26F2N2O4S. The highest BCUT2D eigenvalue weighted by Crippen LogP contribution is 2.37. The predicted octanol–water partition coefficient (Wildman–Crippen LogP) is 2.94. The fourth-order valence-corrected chi connectivity index (χ4v) is 6.00. The second kappa shape index (κ2) is 9.25. The molecule has 0 spiro atoms. The maximum Gasteiger partial charge on any atom is 0.243 e. The number of carbonyl (C=O) groups is 1. The van der Waals surface area contributed by atoms with E-state index in [4.69, 9.17) is 4.74 Å². The van der Waals surface area contributed by atoms with Crippen LogP contribution in [0.5, 0.6) is 0 Å². The molecule has 32 heavy (non-hydrogen) atoms. The number of hydrogen-bond donors (Lipinski definition) is 0. The first-order chi connectivity index (χ1) is 15.3. The summed E-state index contributed by atoms with van der Waals surface area (Å²) in [4.78, 5) is 15.5. The van der Waals surface area contributed by atoms with Crippen molar-refractivity contribution in [3.8, 4) is 0 Å². The minimum atomic E-state index is -3.79. The van der Waals surface area contributed by atoms with Crippen molar-refractivity contribution in [3.05, 3.63) is 65.7 Å². The van der Waals surface area contributed by atoms with E-state index < -0.39 is 27.1 Å². The first-order valence-electron chi connectivity index (χ1n) is 10.7. The maximum atomic E-state index is 14.0. The van der Waals surface area contributed by atoms with Crippen molar-refractivity contribution in [1.82, 2.24) is 9.21 Å². The lowest BCUT2D eigenvalue weighted by Gasteiger charge is -2.40. The van der Waals surface area contributed by atoms with Crippen LogP contribution in [-0.4, -0.2) is 62.9 Å². The van der Waals surface area contributed by atoms with Crippen LogP contribution in [0.4, 0.5) is 8.78 Å². The molecule has 2 aromatic carbocycles. The van der Waals surface area contributed by atoms with Gasteiger partial charge in [-0.2, -0.15) is 4.31 Å². The molecule has 2 fully saturated rings. The van der Waals surface area contributed by atoms with E-state index in [1.807, 2.05) is 0 Å². The molecule has 2 saturated heterocycles. The summed E-state index contributed by atoms with van der Waals surface area (Å²) in [7, 11) is -3.79. The van der Waals surface area contributed by atoms with Gasteiger partial charge in [-0.25, -0.2) is 17.2 Å². The fraction of sp³-hybridized carbons (Fsp3) is 0.435. The molecule has 0 bridgehead atoms. The van der Waals surface area contributed by atoms with Gasteiger partial charge >= 0.3 is 0 Å². The Bertz CT molecular complexity index is 1070. The molecule has 4 rings (SSSR count). The Labute approximate surface area is 186 Å². The van der Waals surface area contributed by atoms with Gasteiger partial charge in [0.15, 0.2) is 0 Å². The zero-order chi connectivity index (χ0) is 22.8. The molecule has 0 N–H and O–H groups in total.